The van der Waals surface area contributed by atoms with Crippen LogP contribution in [0.5, 0.6) is 0 Å². The van der Waals surface area contributed by atoms with E-state index < -0.39 is 10.0 Å². The van der Waals surface area contributed by atoms with E-state index in [1.54, 1.807) is 17.9 Å². The third-order valence-corrected chi connectivity index (χ3v) is 4.20. The summed E-state index contributed by atoms with van der Waals surface area (Å²) >= 11 is 0. The lowest BCUT2D eigenvalue weighted by molar-refractivity contribution is 0.591. The van der Waals surface area contributed by atoms with Crippen LogP contribution in [-0.2, 0) is 17.1 Å². The zero-order chi connectivity index (χ0) is 13.0. The Bertz CT molecular complexity index is 479. The normalized spacial score (nSPS) is 15.8. The summed E-state index contributed by atoms with van der Waals surface area (Å²) in [4.78, 5) is 0. The highest BCUT2D eigenvalue weighted by molar-refractivity contribution is 7.92. The quantitative estimate of drug-likeness (QED) is 0.683. The van der Waals surface area contributed by atoms with Gasteiger partial charge in [0.15, 0.2) is 0 Å². The van der Waals surface area contributed by atoms with Gasteiger partial charge in [0.1, 0.15) is 0 Å². The second kappa shape index (κ2) is 5.71. The molecule has 0 spiro atoms. The summed E-state index contributed by atoms with van der Waals surface area (Å²) in [6.07, 6.45) is 7.25. The number of aromatic nitrogens is 2. The standard InChI is InChI=1S/C11H20N4O2S/c1-15-9-11(8-13-15)14-18(16,17)7-3-2-6-12-10-4-5-10/h8-10,12,14H,2-7H2,1H3. The molecule has 0 saturated heterocycles. The molecule has 1 aliphatic rings. The molecule has 1 fully saturated rings. The second-order valence-electron chi connectivity index (χ2n) is 4.76. The van der Waals surface area contributed by atoms with Crippen molar-refractivity contribution in [2.45, 2.75) is 31.7 Å². The minimum atomic E-state index is -3.24. The molecule has 2 N–H and O–H groups in total. The number of hydrogen-bond donors (Lipinski definition) is 2. The van der Waals surface area contributed by atoms with E-state index in [4.69, 9.17) is 0 Å². The zero-order valence-corrected chi connectivity index (χ0v) is 11.4. The van der Waals surface area contributed by atoms with Gasteiger partial charge in [-0.25, -0.2) is 8.42 Å². The number of anilines is 1. The maximum absolute atomic E-state index is 11.8. The van der Waals surface area contributed by atoms with Crippen LogP contribution in [0.4, 0.5) is 5.69 Å². The van der Waals surface area contributed by atoms with Gasteiger partial charge in [-0.3, -0.25) is 9.40 Å². The van der Waals surface area contributed by atoms with Gasteiger partial charge in [-0.15, -0.1) is 0 Å². The molecule has 1 aliphatic carbocycles. The van der Waals surface area contributed by atoms with Crippen LogP contribution in [0.15, 0.2) is 12.4 Å². The van der Waals surface area contributed by atoms with Crippen LogP contribution >= 0.6 is 0 Å². The molecule has 6 nitrogen and oxygen atoms in total. The molecule has 1 heterocycles. The molecule has 102 valence electrons. The number of rotatable bonds is 8. The topological polar surface area (TPSA) is 76.0 Å². The monoisotopic (exact) mass is 272 g/mol. The third-order valence-electron chi connectivity index (χ3n) is 2.83. The summed E-state index contributed by atoms with van der Waals surface area (Å²) < 4.78 is 27.6. The van der Waals surface area contributed by atoms with Gasteiger partial charge in [0.25, 0.3) is 0 Å². The lowest BCUT2D eigenvalue weighted by Crippen LogP contribution is -2.20. The second-order valence-corrected chi connectivity index (χ2v) is 6.60. The lowest BCUT2D eigenvalue weighted by Gasteiger charge is -2.06. The largest absolute Gasteiger partial charge is 0.314 e. The summed E-state index contributed by atoms with van der Waals surface area (Å²) in [5.74, 6) is 0.161. The van der Waals surface area contributed by atoms with E-state index in [0.717, 1.165) is 13.0 Å². The van der Waals surface area contributed by atoms with Gasteiger partial charge in [-0.2, -0.15) is 5.10 Å². The van der Waals surface area contributed by atoms with E-state index in [1.165, 1.54) is 19.0 Å². The molecule has 0 unspecified atom stereocenters. The van der Waals surface area contributed by atoms with Gasteiger partial charge < -0.3 is 5.32 Å². The fourth-order valence-electron chi connectivity index (χ4n) is 1.72. The summed E-state index contributed by atoms with van der Waals surface area (Å²) in [6, 6.07) is 0.690. The number of aryl methyl sites for hydroxylation is 1. The molecule has 1 saturated carbocycles. The molecule has 0 aromatic carbocycles. The van der Waals surface area contributed by atoms with Crippen LogP contribution in [0.3, 0.4) is 0 Å². The van der Waals surface area contributed by atoms with Crippen molar-refractivity contribution in [3.05, 3.63) is 12.4 Å². The van der Waals surface area contributed by atoms with E-state index in [2.05, 4.69) is 15.1 Å². The van der Waals surface area contributed by atoms with Crippen LogP contribution in [0.2, 0.25) is 0 Å². The number of nitrogens with one attached hydrogen (secondary N) is 2. The van der Waals surface area contributed by atoms with E-state index >= 15 is 0 Å². The molecule has 1 aromatic heterocycles. The van der Waals surface area contributed by atoms with Crippen LogP contribution in [0, 0.1) is 0 Å². The Morgan fingerprint density at radius 2 is 2.22 bits per heavy atom. The average molecular weight is 272 g/mol. The highest BCUT2D eigenvalue weighted by Gasteiger charge is 2.19. The summed E-state index contributed by atoms with van der Waals surface area (Å²) in [5.41, 5.74) is 0.522. The Kier molecular flexibility index (Phi) is 4.23. The molecule has 2 rings (SSSR count). The fraction of sp³-hybridized carbons (Fsp3) is 0.727. The van der Waals surface area contributed by atoms with Crippen molar-refractivity contribution in [3.63, 3.8) is 0 Å². The van der Waals surface area contributed by atoms with Crippen molar-refractivity contribution >= 4 is 15.7 Å². The first-order valence-corrected chi connectivity index (χ1v) is 7.93. The van der Waals surface area contributed by atoms with E-state index in [1.807, 2.05) is 0 Å². The van der Waals surface area contributed by atoms with Crippen molar-refractivity contribution in [1.82, 2.24) is 15.1 Å². The number of sulfonamides is 1. The van der Waals surface area contributed by atoms with Crippen LogP contribution in [-0.4, -0.2) is 36.5 Å². The van der Waals surface area contributed by atoms with Gasteiger partial charge in [0.05, 0.1) is 17.6 Å². The minimum absolute atomic E-state index is 0.161. The predicted molar refractivity (Wildman–Crippen MR) is 70.9 cm³/mol. The molecule has 18 heavy (non-hydrogen) atoms. The fourth-order valence-corrected chi connectivity index (χ4v) is 2.87. The lowest BCUT2D eigenvalue weighted by atomic mass is 10.3. The molecule has 0 atom stereocenters. The van der Waals surface area contributed by atoms with Crippen molar-refractivity contribution in [2.75, 3.05) is 17.0 Å². The van der Waals surface area contributed by atoms with Crippen molar-refractivity contribution in [1.29, 1.82) is 0 Å². The Labute approximate surface area is 108 Å². The minimum Gasteiger partial charge on any atom is -0.314 e. The van der Waals surface area contributed by atoms with Crippen molar-refractivity contribution in [2.24, 2.45) is 7.05 Å². The van der Waals surface area contributed by atoms with E-state index in [-0.39, 0.29) is 5.75 Å². The third kappa shape index (κ3) is 4.66. The molecule has 0 radical (unpaired) electrons. The first-order valence-electron chi connectivity index (χ1n) is 6.28. The highest BCUT2D eigenvalue weighted by atomic mass is 32.2. The van der Waals surface area contributed by atoms with Gasteiger partial charge in [-0.05, 0) is 32.2 Å². The Hall–Kier alpha value is -1.08. The maximum atomic E-state index is 11.8. The summed E-state index contributed by atoms with van der Waals surface area (Å²) in [5, 5.41) is 7.28. The zero-order valence-electron chi connectivity index (χ0n) is 10.6. The van der Waals surface area contributed by atoms with Crippen LogP contribution in [0.25, 0.3) is 0 Å². The van der Waals surface area contributed by atoms with E-state index in [0.29, 0.717) is 18.2 Å². The van der Waals surface area contributed by atoms with Gasteiger partial charge in [0.2, 0.25) is 10.0 Å². The predicted octanol–water partition coefficient (Wildman–Crippen LogP) is 0.694. The molecular weight excluding hydrogens is 252 g/mol. The van der Waals surface area contributed by atoms with E-state index in [9.17, 15) is 8.42 Å². The Balaban J connectivity index is 1.66. The van der Waals surface area contributed by atoms with Crippen LogP contribution in [0.1, 0.15) is 25.7 Å². The first-order chi connectivity index (χ1) is 8.55. The summed E-state index contributed by atoms with van der Waals surface area (Å²) in [6.45, 7) is 0.910. The number of unbranched alkanes of at least 4 members (excludes halogenated alkanes) is 1. The molecule has 7 heteroatoms. The maximum Gasteiger partial charge on any atom is 0.232 e. The molecule has 0 bridgehead atoms. The first kappa shape index (κ1) is 13.4. The SMILES string of the molecule is Cn1cc(NS(=O)(=O)CCCCNC2CC2)cn1. The molecule has 1 aromatic rings. The number of nitrogens with zero attached hydrogens (tertiary/aromatic N) is 2. The van der Waals surface area contributed by atoms with Gasteiger partial charge in [0, 0.05) is 19.3 Å². The molecular formula is C11H20N4O2S. The van der Waals surface area contributed by atoms with Gasteiger partial charge in [-0.1, -0.05) is 0 Å². The highest BCUT2D eigenvalue weighted by Crippen LogP contribution is 2.18. The Morgan fingerprint density at radius 3 is 2.83 bits per heavy atom. The smallest absolute Gasteiger partial charge is 0.232 e. The Morgan fingerprint density at radius 1 is 1.44 bits per heavy atom. The molecule has 0 aliphatic heterocycles. The van der Waals surface area contributed by atoms with Gasteiger partial charge >= 0.3 is 0 Å². The molecule has 0 amide bonds. The van der Waals surface area contributed by atoms with Crippen molar-refractivity contribution < 1.29 is 8.42 Å². The van der Waals surface area contributed by atoms with Crippen LogP contribution < -0.4 is 10.0 Å². The number of hydrogen-bond acceptors (Lipinski definition) is 4. The van der Waals surface area contributed by atoms with Crippen molar-refractivity contribution in [3.8, 4) is 0 Å². The average Bonchev–Trinajstić information content (AvgIpc) is 3.02. The summed E-state index contributed by atoms with van der Waals surface area (Å²) in [7, 11) is -1.49.